The molecule has 0 aliphatic carbocycles. The molecule has 0 fully saturated rings. The maximum absolute atomic E-state index is 9.49. The zero-order valence-corrected chi connectivity index (χ0v) is 11.1. The molecule has 96 valence electrons. The molecule has 0 aromatic rings. The van der Waals surface area contributed by atoms with Gasteiger partial charge in [0, 0.05) is 0 Å². The molecule has 1 aliphatic heterocycles. The van der Waals surface area contributed by atoms with Crippen molar-refractivity contribution in [3.63, 3.8) is 0 Å². The average Bonchev–Trinajstić information content (AvgIpc) is 2.31. The van der Waals surface area contributed by atoms with E-state index in [1.54, 1.807) is 19.3 Å². The quantitative estimate of drug-likeness (QED) is 0.753. The monoisotopic (exact) mass is 236 g/mol. The van der Waals surface area contributed by atoms with Gasteiger partial charge in [-0.1, -0.05) is 23.8 Å². The number of hydrogen-bond acceptors (Lipinski definition) is 2. The van der Waals surface area contributed by atoms with Gasteiger partial charge in [0.2, 0.25) is 0 Å². The second-order valence-corrected chi connectivity index (χ2v) is 4.47. The third kappa shape index (κ3) is 11.0. The molecule has 17 heavy (non-hydrogen) atoms. The largest absolute Gasteiger partial charge is 0.497 e. The molecule has 0 radical (unpaired) electrons. The maximum Gasteiger partial charge on any atom is 0.106 e. The van der Waals surface area contributed by atoms with E-state index in [0.717, 1.165) is 19.4 Å². The molecule has 0 saturated heterocycles. The van der Waals surface area contributed by atoms with Crippen LogP contribution in [-0.4, -0.2) is 17.3 Å². The molecule has 1 unspecified atom stereocenters. The van der Waals surface area contributed by atoms with Gasteiger partial charge in [0.05, 0.1) is 11.9 Å². The fourth-order valence-electron chi connectivity index (χ4n) is 1.10. The van der Waals surface area contributed by atoms with Crippen LogP contribution in [0.25, 0.3) is 0 Å². The van der Waals surface area contributed by atoms with Gasteiger partial charge in [0.25, 0.3) is 0 Å². The van der Waals surface area contributed by atoms with Crippen molar-refractivity contribution in [2.75, 3.05) is 6.61 Å². The highest BCUT2D eigenvalue weighted by molar-refractivity contribution is 5.03. The number of ether oxygens (including phenoxy) is 1. The molecule has 0 aromatic carbocycles. The first-order valence-electron chi connectivity index (χ1n) is 5.90. The second kappa shape index (κ2) is 8.82. The zero-order chi connectivity index (χ0) is 13.1. The average molecular weight is 236 g/mol. The molecule has 0 spiro atoms. The van der Waals surface area contributed by atoms with Crippen molar-refractivity contribution in [1.29, 1.82) is 0 Å². The van der Waals surface area contributed by atoms with Gasteiger partial charge in [-0.3, -0.25) is 0 Å². The predicted molar refractivity (Wildman–Crippen MR) is 73.7 cm³/mol. The summed E-state index contributed by atoms with van der Waals surface area (Å²) in [4.78, 5) is 0. The normalized spacial score (nSPS) is 16.0. The number of aliphatic hydroxyl groups is 1. The van der Waals surface area contributed by atoms with Gasteiger partial charge >= 0.3 is 0 Å². The van der Waals surface area contributed by atoms with Crippen LogP contribution in [0.4, 0.5) is 0 Å². The molecule has 2 heteroatoms. The van der Waals surface area contributed by atoms with Gasteiger partial charge < -0.3 is 9.84 Å². The Kier molecular flexibility index (Phi) is 8.16. The van der Waals surface area contributed by atoms with Crippen molar-refractivity contribution in [2.45, 2.75) is 39.2 Å². The maximum atomic E-state index is 9.49. The first kappa shape index (κ1) is 15.7. The summed E-state index contributed by atoms with van der Waals surface area (Å²) in [5.41, 5.74) is 0.594. The van der Waals surface area contributed by atoms with Crippen molar-refractivity contribution >= 4 is 0 Å². The van der Waals surface area contributed by atoms with Crippen LogP contribution >= 0.6 is 0 Å². The molecule has 0 bridgehead atoms. The van der Waals surface area contributed by atoms with Crippen LogP contribution in [-0.2, 0) is 4.74 Å². The Balaban J connectivity index is 0.000000354. The van der Waals surface area contributed by atoms with E-state index in [0.29, 0.717) is 0 Å². The van der Waals surface area contributed by atoms with Crippen molar-refractivity contribution in [3.8, 4) is 0 Å². The number of rotatable bonds is 4. The van der Waals surface area contributed by atoms with Crippen LogP contribution < -0.4 is 0 Å². The Labute approximate surface area is 105 Å². The van der Waals surface area contributed by atoms with Gasteiger partial charge in [-0.25, -0.2) is 0 Å². The summed E-state index contributed by atoms with van der Waals surface area (Å²) in [5, 5.41) is 9.49. The molecule has 0 aromatic heterocycles. The Hall–Kier alpha value is -1.28. The minimum Gasteiger partial charge on any atom is -0.497 e. The van der Waals surface area contributed by atoms with Crippen LogP contribution in [0, 0.1) is 0 Å². The van der Waals surface area contributed by atoms with Crippen LogP contribution in [0.15, 0.2) is 48.8 Å². The smallest absolute Gasteiger partial charge is 0.106 e. The van der Waals surface area contributed by atoms with Gasteiger partial charge in [-0.15, -0.1) is 6.58 Å². The van der Waals surface area contributed by atoms with E-state index in [9.17, 15) is 5.11 Å². The Morgan fingerprint density at radius 3 is 2.47 bits per heavy atom. The predicted octanol–water partition coefficient (Wildman–Crippen LogP) is 3.76. The second-order valence-electron chi connectivity index (χ2n) is 4.47. The fraction of sp³-hybridized carbons (Fsp3) is 0.467. The van der Waals surface area contributed by atoms with Crippen molar-refractivity contribution in [3.05, 3.63) is 48.8 Å². The van der Waals surface area contributed by atoms with Crippen molar-refractivity contribution in [1.82, 2.24) is 0 Å². The first-order chi connectivity index (χ1) is 7.98. The minimum atomic E-state index is -0.702. The fourth-order valence-corrected chi connectivity index (χ4v) is 1.10. The molecule has 1 heterocycles. The standard InChI is InChI=1S/C10H18O.C5H6O/c1-5-10(4,11)8-6-7-9(2)3;1-2-4-6-5-3-1/h5,7,11H,1,6,8H2,2-4H3;1-4H,5H2. The lowest BCUT2D eigenvalue weighted by atomic mass is 10.00. The summed E-state index contributed by atoms with van der Waals surface area (Å²) < 4.78 is 4.80. The topological polar surface area (TPSA) is 29.5 Å². The Bertz CT molecular complexity index is 280. The van der Waals surface area contributed by atoms with Gasteiger partial charge in [-0.2, -0.15) is 0 Å². The third-order valence-electron chi connectivity index (χ3n) is 2.26. The van der Waals surface area contributed by atoms with E-state index in [1.807, 2.05) is 18.2 Å². The van der Waals surface area contributed by atoms with E-state index in [2.05, 4.69) is 26.5 Å². The summed E-state index contributed by atoms with van der Waals surface area (Å²) in [6, 6.07) is 0. The summed E-state index contributed by atoms with van der Waals surface area (Å²) >= 11 is 0. The van der Waals surface area contributed by atoms with E-state index in [-0.39, 0.29) is 0 Å². The van der Waals surface area contributed by atoms with E-state index < -0.39 is 5.60 Å². The number of allylic oxidation sites excluding steroid dienone is 4. The highest BCUT2D eigenvalue weighted by Crippen LogP contribution is 2.13. The lowest BCUT2D eigenvalue weighted by Gasteiger charge is -2.16. The lowest BCUT2D eigenvalue weighted by Crippen LogP contribution is -2.19. The summed E-state index contributed by atoms with van der Waals surface area (Å²) in [6.07, 6.45) is 12.8. The SMILES string of the molecule is C1=CCOC=C1.C=CC(C)(O)CCC=C(C)C. The zero-order valence-electron chi connectivity index (χ0n) is 11.1. The van der Waals surface area contributed by atoms with E-state index in [1.165, 1.54) is 5.57 Å². The summed E-state index contributed by atoms with van der Waals surface area (Å²) in [7, 11) is 0. The van der Waals surface area contributed by atoms with E-state index >= 15 is 0 Å². The van der Waals surface area contributed by atoms with Crippen molar-refractivity contribution < 1.29 is 9.84 Å². The molecule has 1 aliphatic rings. The highest BCUT2D eigenvalue weighted by Gasteiger charge is 2.12. The van der Waals surface area contributed by atoms with Crippen LogP contribution in [0.2, 0.25) is 0 Å². The van der Waals surface area contributed by atoms with Crippen molar-refractivity contribution in [2.24, 2.45) is 0 Å². The highest BCUT2D eigenvalue weighted by atomic mass is 16.5. The third-order valence-corrected chi connectivity index (χ3v) is 2.26. The number of hydrogen-bond donors (Lipinski definition) is 1. The molecular weight excluding hydrogens is 212 g/mol. The van der Waals surface area contributed by atoms with Gasteiger partial charge in [-0.05, 0) is 45.8 Å². The van der Waals surface area contributed by atoms with Crippen LogP contribution in [0.3, 0.4) is 0 Å². The lowest BCUT2D eigenvalue weighted by molar-refractivity contribution is 0.103. The molecule has 0 amide bonds. The molecule has 1 atom stereocenters. The molecule has 1 rings (SSSR count). The summed E-state index contributed by atoms with van der Waals surface area (Å²) in [5.74, 6) is 0. The Morgan fingerprint density at radius 2 is 2.18 bits per heavy atom. The molecular formula is C15H24O2. The molecule has 0 saturated carbocycles. The van der Waals surface area contributed by atoms with E-state index in [4.69, 9.17) is 4.74 Å². The minimum absolute atomic E-state index is 0.702. The molecule has 2 nitrogen and oxygen atoms in total. The van der Waals surface area contributed by atoms with Crippen LogP contribution in [0.5, 0.6) is 0 Å². The van der Waals surface area contributed by atoms with Gasteiger partial charge in [0.1, 0.15) is 6.61 Å². The Morgan fingerprint density at radius 1 is 1.47 bits per heavy atom. The first-order valence-corrected chi connectivity index (χ1v) is 5.90. The van der Waals surface area contributed by atoms with Gasteiger partial charge in [0.15, 0.2) is 0 Å². The summed E-state index contributed by atoms with van der Waals surface area (Å²) in [6.45, 7) is 10.2. The van der Waals surface area contributed by atoms with Crippen LogP contribution in [0.1, 0.15) is 33.6 Å². The molecule has 1 N–H and O–H groups in total.